The molecule has 0 unspecified atom stereocenters. The normalized spacial score (nSPS) is 22.8. The van der Waals surface area contributed by atoms with E-state index in [1.54, 1.807) is 12.3 Å². The first-order valence-electron chi connectivity index (χ1n) is 9.25. The molecule has 1 aromatic rings. The molecule has 0 saturated carbocycles. The molecule has 3 rings (SSSR count). The molecule has 138 valence electrons. The summed E-state index contributed by atoms with van der Waals surface area (Å²) in [5, 5.41) is 6.76. The summed E-state index contributed by atoms with van der Waals surface area (Å²) in [6.07, 6.45) is 4.07. The Balaban J connectivity index is 1.66. The summed E-state index contributed by atoms with van der Waals surface area (Å²) >= 11 is 6.43. The summed E-state index contributed by atoms with van der Waals surface area (Å²) < 4.78 is 0. The number of hydrogen-bond acceptors (Lipinski definition) is 5. The molecule has 2 fully saturated rings. The zero-order valence-electron chi connectivity index (χ0n) is 15.1. The van der Waals surface area contributed by atoms with Crippen molar-refractivity contribution in [3.8, 4) is 0 Å². The summed E-state index contributed by atoms with van der Waals surface area (Å²) in [5.74, 6) is 0.652. The number of hydrogen-bond donors (Lipinski definition) is 2. The van der Waals surface area contributed by atoms with Crippen LogP contribution in [-0.4, -0.2) is 67.1 Å². The zero-order chi connectivity index (χ0) is 17.8. The predicted octanol–water partition coefficient (Wildman–Crippen LogP) is 1.75. The second-order valence-electron chi connectivity index (χ2n) is 6.90. The minimum absolute atomic E-state index is 0.132. The highest BCUT2D eigenvalue weighted by atomic mass is 35.5. The predicted molar refractivity (Wildman–Crippen MR) is 102 cm³/mol. The number of carbonyl (C=O) groups is 1. The quantitative estimate of drug-likeness (QED) is 0.851. The third-order valence-electron chi connectivity index (χ3n) is 5.18. The second-order valence-corrected chi connectivity index (χ2v) is 7.31. The number of anilines is 1. The average molecular weight is 366 g/mol. The van der Waals surface area contributed by atoms with E-state index in [0.29, 0.717) is 29.2 Å². The first-order chi connectivity index (χ1) is 12.1. The molecule has 0 spiro atoms. The topological polar surface area (TPSA) is 60.5 Å². The van der Waals surface area contributed by atoms with Crippen molar-refractivity contribution in [1.29, 1.82) is 0 Å². The van der Waals surface area contributed by atoms with Crippen LogP contribution in [0.5, 0.6) is 0 Å². The van der Waals surface area contributed by atoms with E-state index in [4.69, 9.17) is 11.6 Å². The maximum atomic E-state index is 11.9. The molecule has 1 aromatic heterocycles. The average Bonchev–Trinajstić information content (AvgIpc) is 2.62. The molecule has 0 bridgehead atoms. The third kappa shape index (κ3) is 4.25. The number of carbonyl (C=O) groups excluding carboxylic acids is 1. The van der Waals surface area contributed by atoms with E-state index < -0.39 is 0 Å². The van der Waals surface area contributed by atoms with Gasteiger partial charge in [-0.05, 0) is 45.8 Å². The highest BCUT2D eigenvalue weighted by molar-refractivity contribution is 6.33. The van der Waals surface area contributed by atoms with E-state index in [2.05, 4.69) is 32.3 Å². The van der Waals surface area contributed by atoms with Crippen molar-refractivity contribution in [2.45, 2.75) is 38.8 Å². The molecule has 25 heavy (non-hydrogen) atoms. The first kappa shape index (κ1) is 18.4. The lowest BCUT2D eigenvalue weighted by atomic mass is 10.0. The number of amides is 1. The van der Waals surface area contributed by atoms with Crippen molar-refractivity contribution in [1.82, 2.24) is 20.5 Å². The highest BCUT2D eigenvalue weighted by Crippen LogP contribution is 2.28. The van der Waals surface area contributed by atoms with Gasteiger partial charge in [0.05, 0.1) is 10.6 Å². The summed E-state index contributed by atoms with van der Waals surface area (Å²) in [4.78, 5) is 21.3. The van der Waals surface area contributed by atoms with Crippen LogP contribution in [0.25, 0.3) is 0 Å². The molecule has 7 heteroatoms. The van der Waals surface area contributed by atoms with Crippen LogP contribution in [0.2, 0.25) is 5.02 Å². The van der Waals surface area contributed by atoms with Gasteiger partial charge in [-0.3, -0.25) is 9.69 Å². The number of piperidine rings is 1. The lowest BCUT2D eigenvalue weighted by Crippen LogP contribution is -2.57. The minimum Gasteiger partial charge on any atom is -0.353 e. The fraction of sp³-hybridized carbons (Fsp3) is 0.667. The van der Waals surface area contributed by atoms with Crippen molar-refractivity contribution in [3.05, 3.63) is 22.8 Å². The smallest absolute Gasteiger partial charge is 0.252 e. The maximum absolute atomic E-state index is 11.9. The zero-order valence-corrected chi connectivity index (χ0v) is 15.9. The largest absolute Gasteiger partial charge is 0.353 e. The Morgan fingerprint density at radius 1 is 1.40 bits per heavy atom. The third-order valence-corrected chi connectivity index (χ3v) is 5.46. The Hall–Kier alpha value is -1.37. The van der Waals surface area contributed by atoms with Crippen molar-refractivity contribution in [2.24, 2.45) is 0 Å². The van der Waals surface area contributed by atoms with E-state index in [0.717, 1.165) is 38.5 Å². The molecule has 0 aromatic carbocycles. The van der Waals surface area contributed by atoms with Gasteiger partial charge in [-0.2, -0.15) is 0 Å². The molecule has 0 aliphatic carbocycles. The Morgan fingerprint density at radius 3 is 2.80 bits per heavy atom. The molecule has 0 radical (unpaired) electrons. The number of pyridine rings is 1. The van der Waals surface area contributed by atoms with Crippen LogP contribution < -0.4 is 15.5 Å². The van der Waals surface area contributed by atoms with E-state index >= 15 is 0 Å². The van der Waals surface area contributed by atoms with Crippen molar-refractivity contribution in [2.75, 3.05) is 44.2 Å². The Kier molecular flexibility index (Phi) is 6.15. The van der Waals surface area contributed by atoms with Gasteiger partial charge in [0.15, 0.2) is 0 Å². The van der Waals surface area contributed by atoms with Gasteiger partial charge in [-0.15, -0.1) is 0 Å². The molecule has 6 nitrogen and oxygen atoms in total. The van der Waals surface area contributed by atoms with Crippen LogP contribution in [0.4, 0.5) is 5.82 Å². The minimum atomic E-state index is -0.132. The molecule has 2 saturated heterocycles. The van der Waals surface area contributed by atoms with Gasteiger partial charge in [-0.25, -0.2) is 4.98 Å². The lowest BCUT2D eigenvalue weighted by Gasteiger charge is -2.45. The monoisotopic (exact) mass is 365 g/mol. The van der Waals surface area contributed by atoms with E-state index in [1.807, 2.05) is 6.92 Å². The van der Waals surface area contributed by atoms with Gasteiger partial charge in [-0.1, -0.05) is 11.6 Å². The van der Waals surface area contributed by atoms with Gasteiger partial charge in [0.2, 0.25) is 0 Å². The van der Waals surface area contributed by atoms with Crippen LogP contribution in [0.15, 0.2) is 12.3 Å². The number of halogens is 1. The summed E-state index contributed by atoms with van der Waals surface area (Å²) in [5.41, 5.74) is 0.511. The molecule has 2 N–H and O–H groups in total. The number of nitrogens with zero attached hydrogens (tertiary/aromatic N) is 3. The molecule has 2 aliphatic heterocycles. The summed E-state index contributed by atoms with van der Waals surface area (Å²) in [6, 6.07) is 2.87. The van der Waals surface area contributed by atoms with Crippen molar-refractivity contribution >= 4 is 23.3 Å². The van der Waals surface area contributed by atoms with Gasteiger partial charge in [0.25, 0.3) is 5.91 Å². The van der Waals surface area contributed by atoms with Gasteiger partial charge < -0.3 is 15.5 Å². The molecule has 2 aliphatic rings. The van der Waals surface area contributed by atoms with Crippen LogP contribution in [-0.2, 0) is 0 Å². The first-order valence-corrected chi connectivity index (χ1v) is 9.63. The summed E-state index contributed by atoms with van der Waals surface area (Å²) in [7, 11) is 0. The Bertz CT molecular complexity index is 605. The number of piperazine rings is 1. The molecule has 1 atom stereocenters. The molecule has 3 heterocycles. The lowest BCUT2D eigenvalue weighted by molar-refractivity contribution is 0.0955. The van der Waals surface area contributed by atoms with Gasteiger partial charge >= 0.3 is 0 Å². The van der Waals surface area contributed by atoms with Gasteiger partial charge in [0.1, 0.15) is 5.82 Å². The van der Waals surface area contributed by atoms with Crippen LogP contribution in [0.1, 0.15) is 37.0 Å². The Labute approximate surface area is 154 Å². The van der Waals surface area contributed by atoms with E-state index in [9.17, 15) is 4.79 Å². The van der Waals surface area contributed by atoms with Crippen LogP contribution in [0.3, 0.4) is 0 Å². The summed E-state index contributed by atoms with van der Waals surface area (Å²) in [6.45, 7) is 9.86. The number of nitrogens with one attached hydrogen (secondary N) is 2. The maximum Gasteiger partial charge on any atom is 0.252 e. The standard InChI is InChI=1S/C18H28ClN5O/c1-3-21-18(25)14-10-16(19)17(22-11-14)23-8-9-24(13(2)12-23)15-4-6-20-7-5-15/h10-11,13,15,20H,3-9,12H2,1-2H3,(H,21,25)/t13-/m0/s1. The Morgan fingerprint density at radius 2 is 2.16 bits per heavy atom. The van der Waals surface area contributed by atoms with Crippen LogP contribution in [0, 0.1) is 0 Å². The highest BCUT2D eigenvalue weighted by Gasteiger charge is 2.31. The van der Waals surface area contributed by atoms with Crippen molar-refractivity contribution < 1.29 is 4.79 Å². The molecule has 1 amide bonds. The van der Waals surface area contributed by atoms with Crippen LogP contribution >= 0.6 is 11.6 Å². The van der Waals surface area contributed by atoms with Gasteiger partial charge in [0, 0.05) is 44.5 Å². The number of aromatic nitrogens is 1. The second kappa shape index (κ2) is 8.34. The molecular weight excluding hydrogens is 338 g/mol. The SMILES string of the molecule is CCNC(=O)c1cnc(N2CCN(C3CCNCC3)[C@@H](C)C2)c(Cl)c1. The molecular formula is C18H28ClN5O. The van der Waals surface area contributed by atoms with E-state index in [1.165, 1.54) is 12.8 Å². The number of rotatable bonds is 4. The fourth-order valence-electron chi connectivity index (χ4n) is 3.90. The fourth-order valence-corrected chi connectivity index (χ4v) is 4.18. The van der Waals surface area contributed by atoms with Crippen molar-refractivity contribution in [3.63, 3.8) is 0 Å². The van der Waals surface area contributed by atoms with E-state index in [-0.39, 0.29) is 5.91 Å².